The second-order valence-electron chi connectivity index (χ2n) is 4.27. The summed E-state index contributed by atoms with van der Waals surface area (Å²) in [4.78, 5) is 10.2. The van der Waals surface area contributed by atoms with Gasteiger partial charge in [-0.2, -0.15) is 0 Å². The van der Waals surface area contributed by atoms with Crippen LogP contribution in [0.2, 0.25) is 0 Å². The molecule has 1 N–H and O–H groups in total. The molecule has 0 heterocycles. The zero-order valence-corrected chi connectivity index (χ0v) is 11.7. The van der Waals surface area contributed by atoms with Crippen LogP contribution in [0.1, 0.15) is 64.7 Å². The Morgan fingerprint density at radius 2 is 1.42 bits per heavy atom. The summed E-state index contributed by atoms with van der Waals surface area (Å²) in [6.45, 7) is 2.22. The summed E-state index contributed by atoms with van der Waals surface area (Å²) < 4.78 is 0. The number of carboxylic acids is 1. The van der Waals surface area contributed by atoms with E-state index in [4.69, 9.17) is 5.11 Å². The van der Waals surface area contributed by atoms with Crippen molar-refractivity contribution in [2.75, 3.05) is 0 Å². The number of rotatable bonds is 8. The Morgan fingerprint density at radius 1 is 0.842 bits per heavy atom. The summed E-state index contributed by atoms with van der Waals surface area (Å²) in [6, 6.07) is 0. The molecule has 0 rings (SSSR count). The minimum absolute atomic E-state index is 0.0678. The van der Waals surface area contributed by atoms with Gasteiger partial charge in [-0.3, -0.25) is 4.79 Å². The number of carboxylic acid groups (broad SMARTS) is 1. The molecule has 0 amide bonds. The minimum atomic E-state index is -0.832. The van der Waals surface area contributed by atoms with Crippen LogP contribution in [0, 0.1) is 35.5 Å². The van der Waals surface area contributed by atoms with Gasteiger partial charge in [0.05, 0.1) is 6.42 Å². The Balaban J connectivity index is 3.51. The van der Waals surface area contributed by atoms with Crippen molar-refractivity contribution in [3.8, 4) is 35.5 Å². The fourth-order valence-corrected chi connectivity index (χ4v) is 1.44. The van der Waals surface area contributed by atoms with E-state index < -0.39 is 5.97 Å². The van der Waals surface area contributed by atoms with E-state index >= 15 is 0 Å². The fourth-order valence-electron chi connectivity index (χ4n) is 1.44. The first-order valence-electron chi connectivity index (χ1n) is 6.95. The van der Waals surface area contributed by atoms with Crippen LogP contribution in [0.3, 0.4) is 0 Å². The number of carbonyl (C=O) groups is 1. The van der Waals surface area contributed by atoms with Crippen LogP contribution < -0.4 is 0 Å². The Labute approximate surface area is 117 Å². The molecule has 0 radical (unpaired) electrons. The quantitative estimate of drug-likeness (QED) is 0.533. The summed E-state index contributed by atoms with van der Waals surface area (Å²) in [6.07, 6.45) is 8.94. The van der Waals surface area contributed by atoms with E-state index in [0.29, 0.717) is 6.42 Å². The zero-order valence-electron chi connectivity index (χ0n) is 11.7. The first-order chi connectivity index (χ1) is 9.27. The van der Waals surface area contributed by atoms with Gasteiger partial charge in [-0.25, -0.2) is 0 Å². The van der Waals surface area contributed by atoms with Gasteiger partial charge < -0.3 is 5.11 Å². The van der Waals surface area contributed by atoms with Gasteiger partial charge in [-0.15, -0.1) is 0 Å². The maximum atomic E-state index is 10.2. The molecule has 0 saturated carbocycles. The highest BCUT2D eigenvalue weighted by Crippen LogP contribution is 2.05. The molecular weight excluding hydrogens is 236 g/mol. The lowest BCUT2D eigenvalue weighted by atomic mass is 10.1. The number of hydrogen-bond acceptors (Lipinski definition) is 1. The van der Waals surface area contributed by atoms with Crippen LogP contribution in [0.25, 0.3) is 0 Å². The average Bonchev–Trinajstić information content (AvgIpc) is 2.39. The predicted molar refractivity (Wildman–Crippen MR) is 78.2 cm³/mol. The van der Waals surface area contributed by atoms with E-state index in [0.717, 1.165) is 12.8 Å². The highest BCUT2D eigenvalue weighted by Gasteiger charge is 1.90. The maximum Gasteiger partial charge on any atom is 0.304 e. The van der Waals surface area contributed by atoms with Gasteiger partial charge in [-0.05, 0) is 30.1 Å². The van der Waals surface area contributed by atoms with Crippen LogP contribution in [-0.2, 0) is 4.79 Å². The molecular formula is C17H22O2. The van der Waals surface area contributed by atoms with Gasteiger partial charge in [0.2, 0.25) is 0 Å². The topological polar surface area (TPSA) is 37.3 Å². The van der Waals surface area contributed by atoms with Crippen molar-refractivity contribution in [2.45, 2.75) is 64.7 Å². The molecule has 0 aromatic carbocycles. The summed E-state index contributed by atoms with van der Waals surface area (Å²) in [5.41, 5.74) is 0. The van der Waals surface area contributed by atoms with Crippen molar-refractivity contribution in [3.63, 3.8) is 0 Å². The van der Waals surface area contributed by atoms with Gasteiger partial charge >= 0.3 is 5.97 Å². The van der Waals surface area contributed by atoms with Crippen molar-refractivity contribution >= 4 is 5.97 Å². The minimum Gasteiger partial charge on any atom is -0.481 e. The van der Waals surface area contributed by atoms with Crippen molar-refractivity contribution in [3.05, 3.63) is 0 Å². The molecule has 0 atom stereocenters. The Hall–Kier alpha value is -1.85. The Bertz CT molecular complexity index is 415. The SMILES string of the molecule is CCCCCCCCC#CC#CC#CCCC(=O)O. The van der Waals surface area contributed by atoms with Crippen LogP contribution in [0.15, 0.2) is 0 Å². The van der Waals surface area contributed by atoms with E-state index in [2.05, 4.69) is 42.4 Å². The number of aliphatic carboxylic acids is 1. The average molecular weight is 258 g/mol. The second-order valence-corrected chi connectivity index (χ2v) is 4.27. The van der Waals surface area contributed by atoms with Crippen LogP contribution in [0.4, 0.5) is 0 Å². The normalized spacial score (nSPS) is 8.26. The van der Waals surface area contributed by atoms with E-state index in [1.54, 1.807) is 0 Å². The number of hydrogen-bond donors (Lipinski definition) is 1. The molecule has 0 unspecified atom stereocenters. The molecule has 0 aromatic rings. The van der Waals surface area contributed by atoms with Gasteiger partial charge in [0.15, 0.2) is 0 Å². The molecule has 0 aliphatic rings. The van der Waals surface area contributed by atoms with E-state index in [-0.39, 0.29) is 6.42 Å². The fraction of sp³-hybridized carbons (Fsp3) is 0.588. The van der Waals surface area contributed by atoms with E-state index in [1.165, 1.54) is 32.1 Å². The van der Waals surface area contributed by atoms with Crippen molar-refractivity contribution < 1.29 is 9.90 Å². The highest BCUT2D eigenvalue weighted by atomic mass is 16.4. The molecule has 0 aliphatic heterocycles. The van der Waals surface area contributed by atoms with Gasteiger partial charge in [0.1, 0.15) is 0 Å². The Morgan fingerprint density at radius 3 is 2.05 bits per heavy atom. The maximum absolute atomic E-state index is 10.2. The highest BCUT2D eigenvalue weighted by molar-refractivity contribution is 5.67. The standard InChI is InChI=1S/C17H22O2/c1-2-3-4-5-6-7-8-9-10-11-12-13-14-15-16-17(18)19/h2-8,15-16H2,1H3,(H,18,19). The molecule has 102 valence electrons. The molecule has 0 bridgehead atoms. The van der Waals surface area contributed by atoms with Crippen LogP contribution in [0.5, 0.6) is 0 Å². The first kappa shape index (κ1) is 17.2. The monoisotopic (exact) mass is 258 g/mol. The van der Waals surface area contributed by atoms with E-state index in [1.807, 2.05) is 0 Å². The molecule has 2 nitrogen and oxygen atoms in total. The summed E-state index contributed by atoms with van der Waals surface area (Å²) >= 11 is 0. The Kier molecular flexibility index (Phi) is 12.8. The molecule has 0 spiro atoms. The lowest BCUT2D eigenvalue weighted by Crippen LogP contribution is -1.91. The molecule has 19 heavy (non-hydrogen) atoms. The third-order valence-electron chi connectivity index (χ3n) is 2.48. The summed E-state index contributed by atoms with van der Waals surface area (Å²) in [5.74, 6) is 15.4. The predicted octanol–water partition coefficient (Wildman–Crippen LogP) is 3.61. The third kappa shape index (κ3) is 16.1. The number of unbranched alkanes of at least 4 members (excludes halogenated alkanes) is 6. The third-order valence-corrected chi connectivity index (χ3v) is 2.48. The molecule has 0 fully saturated rings. The van der Waals surface area contributed by atoms with Crippen molar-refractivity contribution in [2.24, 2.45) is 0 Å². The summed E-state index contributed by atoms with van der Waals surface area (Å²) in [7, 11) is 0. The van der Waals surface area contributed by atoms with Gasteiger partial charge in [0, 0.05) is 12.8 Å². The lowest BCUT2D eigenvalue weighted by molar-refractivity contribution is -0.136. The van der Waals surface area contributed by atoms with Gasteiger partial charge in [0.25, 0.3) is 0 Å². The smallest absolute Gasteiger partial charge is 0.304 e. The molecule has 2 heteroatoms. The van der Waals surface area contributed by atoms with Crippen LogP contribution >= 0.6 is 0 Å². The van der Waals surface area contributed by atoms with Gasteiger partial charge in [-0.1, -0.05) is 50.9 Å². The molecule has 0 saturated heterocycles. The van der Waals surface area contributed by atoms with Crippen molar-refractivity contribution in [1.29, 1.82) is 0 Å². The van der Waals surface area contributed by atoms with E-state index in [9.17, 15) is 4.79 Å². The molecule has 0 aromatic heterocycles. The summed E-state index contributed by atoms with van der Waals surface area (Å²) in [5, 5.41) is 8.38. The lowest BCUT2D eigenvalue weighted by Gasteiger charge is -1.96. The first-order valence-corrected chi connectivity index (χ1v) is 6.95. The molecule has 0 aliphatic carbocycles. The van der Waals surface area contributed by atoms with Crippen LogP contribution in [-0.4, -0.2) is 11.1 Å². The van der Waals surface area contributed by atoms with Crippen molar-refractivity contribution in [1.82, 2.24) is 0 Å². The largest absolute Gasteiger partial charge is 0.481 e. The zero-order chi connectivity index (χ0) is 14.2. The second kappa shape index (κ2) is 14.2.